The molecule has 0 saturated heterocycles. The van der Waals surface area contributed by atoms with Gasteiger partial charge in [-0.2, -0.15) is 13.2 Å². The maximum Gasteiger partial charge on any atom is 0.402 e. The molecule has 15 heavy (non-hydrogen) atoms. The summed E-state index contributed by atoms with van der Waals surface area (Å²) in [7, 11) is -3.85. The van der Waals surface area contributed by atoms with E-state index in [2.05, 4.69) is 15.9 Å². The van der Waals surface area contributed by atoms with Gasteiger partial charge in [-0.3, -0.25) is 0 Å². The van der Waals surface area contributed by atoms with Crippen molar-refractivity contribution in [1.29, 1.82) is 0 Å². The summed E-state index contributed by atoms with van der Waals surface area (Å²) in [5.41, 5.74) is 0. The Morgan fingerprint density at radius 1 is 1.47 bits per heavy atom. The van der Waals surface area contributed by atoms with E-state index >= 15 is 0 Å². The van der Waals surface area contributed by atoms with E-state index in [-0.39, 0.29) is 4.21 Å². The zero-order valence-corrected chi connectivity index (χ0v) is 10.4. The van der Waals surface area contributed by atoms with Crippen LogP contribution >= 0.6 is 27.3 Å². The van der Waals surface area contributed by atoms with E-state index in [4.69, 9.17) is 0 Å². The highest BCUT2D eigenvalue weighted by molar-refractivity contribution is 9.09. The average Bonchev–Trinajstić information content (AvgIpc) is 2.52. The molecule has 0 bridgehead atoms. The van der Waals surface area contributed by atoms with E-state index in [0.717, 1.165) is 11.3 Å². The fourth-order valence-electron chi connectivity index (χ4n) is 0.810. The van der Waals surface area contributed by atoms with Crippen LogP contribution in [0, 0.1) is 0 Å². The van der Waals surface area contributed by atoms with E-state index in [1.54, 1.807) is 0 Å². The second-order valence-corrected chi connectivity index (χ2v) is 7.04. The van der Waals surface area contributed by atoms with E-state index < -0.39 is 26.6 Å². The Kier molecular flexibility index (Phi) is 3.83. The highest BCUT2D eigenvalue weighted by Gasteiger charge is 2.41. The largest absolute Gasteiger partial charge is 0.402 e. The molecule has 1 rings (SSSR count). The summed E-state index contributed by atoms with van der Waals surface area (Å²) in [6, 6.07) is 2.77. The first-order chi connectivity index (χ1) is 6.73. The molecular formula is C7H6BrF3O2S2. The smallest absolute Gasteiger partial charge is 0.223 e. The lowest BCUT2D eigenvalue weighted by Crippen LogP contribution is -2.30. The van der Waals surface area contributed by atoms with Gasteiger partial charge in [0, 0.05) is 0 Å². The minimum absolute atomic E-state index is 0.0452. The molecule has 0 radical (unpaired) electrons. The van der Waals surface area contributed by atoms with Gasteiger partial charge in [0.05, 0.1) is 5.75 Å². The molecule has 1 aromatic heterocycles. The number of thiophene rings is 1. The van der Waals surface area contributed by atoms with Gasteiger partial charge in [-0.15, -0.1) is 11.3 Å². The Bertz CT molecular complexity index is 410. The summed E-state index contributed by atoms with van der Waals surface area (Å²) in [5.74, 6) is -0.975. The second kappa shape index (κ2) is 4.42. The third-order valence-corrected chi connectivity index (χ3v) is 6.03. The van der Waals surface area contributed by atoms with Crippen molar-refractivity contribution in [3.05, 3.63) is 17.5 Å². The van der Waals surface area contributed by atoms with E-state index in [0.29, 0.717) is 0 Å². The fourth-order valence-corrected chi connectivity index (χ4v) is 4.28. The molecule has 0 N–H and O–H groups in total. The molecule has 0 aliphatic rings. The molecule has 1 heterocycles. The topological polar surface area (TPSA) is 34.1 Å². The number of hydrogen-bond donors (Lipinski definition) is 0. The maximum atomic E-state index is 12.1. The summed E-state index contributed by atoms with van der Waals surface area (Å²) in [6.07, 6.45) is -4.55. The fraction of sp³-hybridized carbons (Fsp3) is 0.429. The molecule has 1 atom stereocenters. The van der Waals surface area contributed by atoms with Gasteiger partial charge < -0.3 is 0 Å². The van der Waals surface area contributed by atoms with Crippen molar-refractivity contribution in [3.63, 3.8) is 0 Å². The molecule has 0 fully saturated rings. The Balaban J connectivity index is 2.84. The Labute approximate surface area is 97.2 Å². The van der Waals surface area contributed by atoms with Crippen molar-refractivity contribution in [3.8, 4) is 0 Å². The molecule has 0 aliphatic carbocycles. The Morgan fingerprint density at radius 2 is 2.07 bits per heavy atom. The number of sulfone groups is 1. The number of alkyl halides is 4. The lowest BCUT2D eigenvalue weighted by atomic mass is 10.5. The van der Waals surface area contributed by atoms with Gasteiger partial charge in [0.1, 0.15) is 9.04 Å². The molecule has 2 nitrogen and oxygen atoms in total. The van der Waals surface area contributed by atoms with Crippen molar-refractivity contribution in [2.75, 3.05) is 5.75 Å². The van der Waals surface area contributed by atoms with Crippen LogP contribution < -0.4 is 0 Å². The third kappa shape index (κ3) is 3.46. The molecule has 1 aromatic rings. The summed E-state index contributed by atoms with van der Waals surface area (Å²) in [4.78, 5) is -2.03. The first-order valence-corrected chi connectivity index (χ1v) is 7.15. The SMILES string of the molecule is O=S(=O)(CC(Br)C(F)(F)F)c1cccs1. The lowest BCUT2D eigenvalue weighted by Gasteiger charge is -2.13. The molecule has 8 heteroatoms. The van der Waals surface area contributed by atoms with Gasteiger partial charge in [0.15, 0.2) is 9.84 Å². The van der Waals surface area contributed by atoms with Crippen LogP contribution in [0.25, 0.3) is 0 Å². The van der Waals surface area contributed by atoms with Crippen LogP contribution in [-0.4, -0.2) is 25.2 Å². The van der Waals surface area contributed by atoms with Gasteiger partial charge in [0.25, 0.3) is 0 Å². The predicted molar refractivity (Wildman–Crippen MR) is 55.1 cm³/mol. The van der Waals surface area contributed by atoms with Crippen molar-refractivity contribution in [2.45, 2.75) is 15.2 Å². The van der Waals surface area contributed by atoms with Crippen LogP contribution in [0.3, 0.4) is 0 Å². The van der Waals surface area contributed by atoms with Crippen molar-refractivity contribution in [1.82, 2.24) is 0 Å². The van der Waals surface area contributed by atoms with Crippen LogP contribution in [0.2, 0.25) is 0 Å². The summed E-state index contributed by atoms with van der Waals surface area (Å²) < 4.78 is 59.2. The highest BCUT2D eigenvalue weighted by atomic mass is 79.9. The number of hydrogen-bond acceptors (Lipinski definition) is 3. The minimum Gasteiger partial charge on any atom is -0.223 e. The normalized spacial score (nSPS) is 15.2. The second-order valence-electron chi connectivity index (χ2n) is 2.72. The highest BCUT2D eigenvalue weighted by Crippen LogP contribution is 2.30. The quantitative estimate of drug-likeness (QED) is 0.802. The first kappa shape index (κ1) is 13.0. The van der Waals surface area contributed by atoms with Gasteiger partial charge in [0.2, 0.25) is 0 Å². The van der Waals surface area contributed by atoms with Gasteiger partial charge in [-0.25, -0.2) is 8.42 Å². The van der Waals surface area contributed by atoms with Crippen molar-refractivity contribution < 1.29 is 21.6 Å². The molecule has 1 unspecified atom stereocenters. The predicted octanol–water partition coefficient (Wildman–Crippen LogP) is 2.85. The molecule has 0 aromatic carbocycles. The monoisotopic (exact) mass is 322 g/mol. The first-order valence-electron chi connectivity index (χ1n) is 3.70. The third-order valence-electron chi connectivity index (χ3n) is 1.52. The van der Waals surface area contributed by atoms with E-state index in [1.165, 1.54) is 17.5 Å². The zero-order chi connectivity index (χ0) is 11.7. The van der Waals surface area contributed by atoms with Crippen LogP contribution in [0.15, 0.2) is 21.7 Å². The molecule has 0 spiro atoms. The standard InChI is InChI=1S/C7H6BrF3O2S2/c8-5(7(9,10)11)4-15(12,13)6-2-1-3-14-6/h1-3,5H,4H2. The molecule has 0 amide bonds. The molecule has 0 saturated carbocycles. The Morgan fingerprint density at radius 3 is 2.47 bits per heavy atom. The van der Waals surface area contributed by atoms with Gasteiger partial charge in [-0.05, 0) is 11.4 Å². The van der Waals surface area contributed by atoms with E-state index in [1.807, 2.05) is 0 Å². The van der Waals surface area contributed by atoms with Crippen LogP contribution in [0.4, 0.5) is 13.2 Å². The molecule has 0 aliphatic heterocycles. The summed E-state index contributed by atoms with van der Waals surface area (Å²) in [6.45, 7) is 0. The van der Waals surface area contributed by atoms with Gasteiger partial charge >= 0.3 is 6.18 Å². The lowest BCUT2D eigenvalue weighted by molar-refractivity contribution is -0.123. The maximum absolute atomic E-state index is 12.1. The zero-order valence-electron chi connectivity index (χ0n) is 7.16. The van der Waals surface area contributed by atoms with Crippen molar-refractivity contribution >= 4 is 37.1 Å². The summed E-state index contributed by atoms with van der Waals surface area (Å²) >= 11 is 3.23. The Hall–Kier alpha value is -0.0800. The molecular weight excluding hydrogens is 317 g/mol. The van der Waals surface area contributed by atoms with Crippen LogP contribution in [0.1, 0.15) is 0 Å². The number of rotatable bonds is 3. The minimum atomic E-state index is -4.55. The number of halogens is 4. The van der Waals surface area contributed by atoms with Gasteiger partial charge in [-0.1, -0.05) is 22.0 Å². The van der Waals surface area contributed by atoms with Crippen LogP contribution in [-0.2, 0) is 9.84 Å². The molecule has 86 valence electrons. The van der Waals surface area contributed by atoms with Crippen molar-refractivity contribution in [2.24, 2.45) is 0 Å². The van der Waals surface area contributed by atoms with Crippen LogP contribution in [0.5, 0.6) is 0 Å². The average molecular weight is 323 g/mol. The summed E-state index contributed by atoms with van der Waals surface area (Å²) in [5, 5.41) is 1.50. The van der Waals surface area contributed by atoms with E-state index in [9.17, 15) is 21.6 Å².